The number of halogens is 2. The highest BCUT2D eigenvalue weighted by Crippen LogP contribution is 2.26. The lowest BCUT2D eigenvalue weighted by Gasteiger charge is -2.14. The van der Waals surface area contributed by atoms with Gasteiger partial charge in [0.05, 0.1) is 10.0 Å². The van der Waals surface area contributed by atoms with E-state index < -0.39 is 5.97 Å². The average Bonchev–Trinajstić information content (AvgIpc) is 2.52. The minimum atomic E-state index is -0.615. The Hall–Kier alpha value is -1.52. The van der Waals surface area contributed by atoms with Crippen molar-refractivity contribution in [2.45, 2.75) is 32.7 Å². The van der Waals surface area contributed by atoms with E-state index in [9.17, 15) is 9.59 Å². The molecule has 0 unspecified atom stereocenters. The molecule has 0 aliphatic heterocycles. The molecular formula is C16H19Cl2NO3. The summed E-state index contributed by atoms with van der Waals surface area (Å²) in [5.41, 5.74) is 0.604. The zero-order chi connectivity index (χ0) is 16.5. The second-order valence-corrected chi connectivity index (χ2v) is 5.45. The molecule has 0 spiro atoms. The Morgan fingerprint density at radius 1 is 1.27 bits per heavy atom. The number of carbonyl (C=O) groups excluding carboxylic acids is 2. The first kappa shape index (κ1) is 18.5. The van der Waals surface area contributed by atoms with Crippen LogP contribution in [-0.4, -0.2) is 24.5 Å². The molecule has 22 heavy (non-hydrogen) atoms. The van der Waals surface area contributed by atoms with Crippen LogP contribution in [0.2, 0.25) is 10.0 Å². The number of hydrogen-bond donors (Lipinski definition) is 1. The minimum Gasteiger partial charge on any atom is -0.452 e. The van der Waals surface area contributed by atoms with Crippen molar-refractivity contribution in [2.24, 2.45) is 0 Å². The Morgan fingerprint density at radius 2 is 1.95 bits per heavy atom. The van der Waals surface area contributed by atoms with Gasteiger partial charge in [-0.25, -0.2) is 4.79 Å². The topological polar surface area (TPSA) is 55.4 Å². The second-order valence-electron chi connectivity index (χ2n) is 4.67. The van der Waals surface area contributed by atoms with E-state index in [1.807, 2.05) is 13.8 Å². The van der Waals surface area contributed by atoms with Crippen LogP contribution in [0.1, 0.15) is 32.3 Å². The van der Waals surface area contributed by atoms with Crippen molar-refractivity contribution in [3.63, 3.8) is 0 Å². The van der Waals surface area contributed by atoms with Gasteiger partial charge < -0.3 is 10.1 Å². The Kier molecular flexibility index (Phi) is 7.99. The second kappa shape index (κ2) is 9.49. The SMILES string of the molecule is CCC(CC)NC(=O)COC(=O)/C=C/c1cccc(Cl)c1Cl. The van der Waals surface area contributed by atoms with Gasteiger partial charge >= 0.3 is 5.97 Å². The number of amides is 1. The average molecular weight is 344 g/mol. The number of hydrogen-bond acceptors (Lipinski definition) is 3. The predicted molar refractivity (Wildman–Crippen MR) is 89.0 cm³/mol. The predicted octanol–water partition coefficient (Wildman–Crippen LogP) is 3.85. The molecule has 1 aromatic carbocycles. The molecule has 0 atom stereocenters. The Balaban J connectivity index is 2.48. The van der Waals surface area contributed by atoms with Crippen LogP contribution in [0.4, 0.5) is 0 Å². The summed E-state index contributed by atoms with van der Waals surface area (Å²) in [5.74, 6) is -0.924. The molecule has 0 radical (unpaired) electrons. The van der Waals surface area contributed by atoms with Gasteiger partial charge in [0.1, 0.15) is 0 Å². The number of esters is 1. The number of rotatable bonds is 7. The fraction of sp³-hybridized carbons (Fsp3) is 0.375. The molecule has 1 N–H and O–H groups in total. The lowest BCUT2D eigenvalue weighted by Crippen LogP contribution is -2.36. The molecule has 1 aromatic rings. The standard InChI is InChI=1S/C16H19Cl2NO3/c1-3-12(4-2)19-14(20)10-22-15(21)9-8-11-6-5-7-13(17)16(11)18/h5-9,12H,3-4,10H2,1-2H3,(H,19,20)/b9-8+. The quantitative estimate of drug-likeness (QED) is 0.604. The molecule has 0 aliphatic rings. The molecule has 4 nitrogen and oxygen atoms in total. The lowest BCUT2D eigenvalue weighted by atomic mass is 10.2. The van der Waals surface area contributed by atoms with E-state index in [-0.39, 0.29) is 18.6 Å². The number of ether oxygens (including phenoxy) is 1. The first-order valence-corrected chi connectivity index (χ1v) is 7.81. The summed E-state index contributed by atoms with van der Waals surface area (Å²) in [4.78, 5) is 23.2. The smallest absolute Gasteiger partial charge is 0.331 e. The summed E-state index contributed by atoms with van der Waals surface area (Å²) in [7, 11) is 0. The maximum atomic E-state index is 11.6. The van der Waals surface area contributed by atoms with Gasteiger partial charge in [-0.05, 0) is 30.5 Å². The van der Waals surface area contributed by atoms with E-state index in [0.29, 0.717) is 15.6 Å². The van der Waals surface area contributed by atoms with Crippen molar-refractivity contribution in [3.05, 3.63) is 39.9 Å². The van der Waals surface area contributed by atoms with Crippen LogP contribution in [0, 0.1) is 0 Å². The van der Waals surface area contributed by atoms with Crippen LogP contribution in [0.5, 0.6) is 0 Å². The van der Waals surface area contributed by atoms with E-state index in [4.69, 9.17) is 27.9 Å². The maximum Gasteiger partial charge on any atom is 0.331 e. The van der Waals surface area contributed by atoms with Gasteiger partial charge in [0, 0.05) is 12.1 Å². The fourth-order valence-corrected chi connectivity index (χ4v) is 2.12. The molecule has 6 heteroatoms. The van der Waals surface area contributed by atoms with Crippen LogP contribution in [0.25, 0.3) is 6.08 Å². The normalized spacial score (nSPS) is 11.0. The van der Waals surface area contributed by atoms with E-state index in [0.717, 1.165) is 12.8 Å². The molecule has 0 fully saturated rings. The molecule has 0 bridgehead atoms. The zero-order valence-electron chi connectivity index (χ0n) is 12.6. The maximum absolute atomic E-state index is 11.6. The summed E-state index contributed by atoms with van der Waals surface area (Å²) in [6.45, 7) is 3.67. The van der Waals surface area contributed by atoms with E-state index in [2.05, 4.69) is 5.32 Å². The van der Waals surface area contributed by atoms with Crippen molar-refractivity contribution in [1.29, 1.82) is 0 Å². The van der Waals surface area contributed by atoms with Gasteiger partial charge in [-0.3, -0.25) is 4.79 Å². The summed E-state index contributed by atoms with van der Waals surface area (Å²) in [6.07, 6.45) is 4.38. The van der Waals surface area contributed by atoms with Crippen molar-refractivity contribution >= 4 is 41.2 Å². The first-order valence-electron chi connectivity index (χ1n) is 7.06. The summed E-state index contributed by atoms with van der Waals surface area (Å²) in [5, 5.41) is 3.55. The van der Waals surface area contributed by atoms with Crippen molar-refractivity contribution in [2.75, 3.05) is 6.61 Å². The highest BCUT2D eigenvalue weighted by Gasteiger charge is 2.10. The monoisotopic (exact) mass is 343 g/mol. The minimum absolute atomic E-state index is 0.104. The molecule has 1 amide bonds. The molecule has 0 aliphatic carbocycles. The highest BCUT2D eigenvalue weighted by molar-refractivity contribution is 6.42. The Bertz CT molecular complexity index is 554. The Labute approximate surface area is 140 Å². The van der Waals surface area contributed by atoms with Crippen LogP contribution in [-0.2, 0) is 14.3 Å². The molecular weight excluding hydrogens is 325 g/mol. The van der Waals surface area contributed by atoms with E-state index >= 15 is 0 Å². The third kappa shape index (κ3) is 6.08. The van der Waals surface area contributed by atoms with Gasteiger partial charge in [0.25, 0.3) is 5.91 Å². The van der Waals surface area contributed by atoms with Gasteiger partial charge in [-0.15, -0.1) is 0 Å². The van der Waals surface area contributed by atoms with E-state index in [1.54, 1.807) is 18.2 Å². The highest BCUT2D eigenvalue weighted by atomic mass is 35.5. The van der Waals surface area contributed by atoms with Crippen LogP contribution >= 0.6 is 23.2 Å². The number of benzene rings is 1. The zero-order valence-corrected chi connectivity index (χ0v) is 14.1. The van der Waals surface area contributed by atoms with Gasteiger partial charge in [0.15, 0.2) is 6.61 Å². The van der Waals surface area contributed by atoms with Crippen LogP contribution < -0.4 is 5.32 Å². The summed E-state index contributed by atoms with van der Waals surface area (Å²) in [6, 6.07) is 5.20. The fourth-order valence-electron chi connectivity index (χ4n) is 1.75. The molecule has 0 heterocycles. The first-order chi connectivity index (χ1) is 10.5. The molecule has 0 saturated heterocycles. The van der Waals surface area contributed by atoms with Gasteiger partial charge in [-0.1, -0.05) is 49.2 Å². The van der Waals surface area contributed by atoms with Gasteiger partial charge in [0.2, 0.25) is 0 Å². The Morgan fingerprint density at radius 3 is 2.59 bits per heavy atom. The molecule has 120 valence electrons. The third-order valence-electron chi connectivity index (χ3n) is 3.08. The largest absolute Gasteiger partial charge is 0.452 e. The van der Waals surface area contributed by atoms with Crippen molar-refractivity contribution in [1.82, 2.24) is 5.32 Å². The van der Waals surface area contributed by atoms with Crippen LogP contribution in [0.3, 0.4) is 0 Å². The number of nitrogens with one attached hydrogen (secondary N) is 1. The summed E-state index contributed by atoms with van der Waals surface area (Å²) >= 11 is 11.9. The van der Waals surface area contributed by atoms with E-state index in [1.165, 1.54) is 12.2 Å². The molecule has 0 aromatic heterocycles. The summed E-state index contributed by atoms with van der Waals surface area (Å²) < 4.78 is 4.87. The van der Waals surface area contributed by atoms with Crippen LogP contribution in [0.15, 0.2) is 24.3 Å². The lowest BCUT2D eigenvalue weighted by molar-refractivity contribution is -0.144. The van der Waals surface area contributed by atoms with Gasteiger partial charge in [-0.2, -0.15) is 0 Å². The number of carbonyl (C=O) groups is 2. The molecule has 0 saturated carbocycles. The third-order valence-corrected chi connectivity index (χ3v) is 3.91. The van der Waals surface area contributed by atoms with Crippen molar-refractivity contribution < 1.29 is 14.3 Å². The van der Waals surface area contributed by atoms with Crippen molar-refractivity contribution in [3.8, 4) is 0 Å². The molecule has 1 rings (SSSR count).